The number of fused-ring (bicyclic) bond motifs is 2. The molecule has 1 aromatic carbocycles. The first kappa shape index (κ1) is 14.3. The van der Waals surface area contributed by atoms with E-state index in [4.69, 9.17) is 4.74 Å². The number of carbonyl (C=O) groups is 1. The molecule has 0 radical (unpaired) electrons. The summed E-state index contributed by atoms with van der Waals surface area (Å²) in [5.41, 5.74) is 5.78. The van der Waals surface area contributed by atoms with Crippen LogP contribution >= 0.6 is 0 Å². The van der Waals surface area contributed by atoms with Gasteiger partial charge in [0.25, 0.3) is 0 Å². The lowest BCUT2D eigenvalue weighted by atomic mass is 9.62. The standard InChI is InChI=1S/C20H22N2O2/c1-3-12-11-22-9-8-20-14-6-4-5-7-15(14)21-18(20)17(19(23)24-2)13(12)10-16(20)22/h3-7,13,16,21H,8-11H2,1-2H3/b12-3+/t13-,16-,20?/m0/s1. The van der Waals surface area contributed by atoms with E-state index in [0.29, 0.717) is 6.04 Å². The smallest absolute Gasteiger partial charge is 0.336 e. The number of benzene rings is 1. The predicted octanol–water partition coefficient (Wildman–Crippen LogP) is 2.83. The molecule has 4 nitrogen and oxygen atoms in total. The molecule has 2 fully saturated rings. The Balaban J connectivity index is 1.82. The molecule has 0 saturated carbocycles. The van der Waals surface area contributed by atoms with Crippen molar-refractivity contribution in [3.63, 3.8) is 0 Å². The largest absolute Gasteiger partial charge is 0.466 e. The SMILES string of the molecule is C/C=C1\CN2CCC34C(=C(C(=O)OC)[C@H]1C[C@H]23)Nc1ccccc14. The van der Waals surface area contributed by atoms with Crippen LogP contribution in [0.2, 0.25) is 0 Å². The van der Waals surface area contributed by atoms with Crippen molar-refractivity contribution >= 4 is 11.7 Å². The molecule has 124 valence electrons. The molecule has 0 aromatic heterocycles. The molecule has 1 aliphatic carbocycles. The second-order valence-electron chi connectivity index (χ2n) is 7.31. The Bertz CT molecular complexity index is 810. The first-order valence-corrected chi connectivity index (χ1v) is 8.79. The summed E-state index contributed by atoms with van der Waals surface area (Å²) in [7, 11) is 1.50. The molecule has 1 N–H and O–H groups in total. The van der Waals surface area contributed by atoms with Gasteiger partial charge in [0.1, 0.15) is 0 Å². The summed E-state index contributed by atoms with van der Waals surface area (Å²) in [6.45, 7) is 4.15. The molecule has 1 aromatic rings. The number of para-hydroxylation sites is 1. The van der Waals surface area contributed by atoms with E-state index < -0.39 is 0 Å². The van der Waals surface area contributed by atoms with Gasteiger partial charge >= 0.3 is 5.97 Å². The van der Waals surface area contributed by atoms with Gasteiger partial charge in [0.05, 0.1) is 18.1 Å². The maximum absolute atomic E-state index is 12.7. The van der Waals surface area contributed by atoms with Crippen LogP contribution in [0.1, 0.15) is 25.3 Å². The molecule has 4 heteroatoms. The number of ether oxygens (including phenoxy) is 1. The van der Waals surface area contributed by atoms with Gasteiger partial charge in [0.15, 0.2) is 0 Å². The molecule has 3 aliphatic heterocycles. The summed E-state index contributed by atoms with van der Waals surface area (Å²) in [5.74, 6) is 0.0135. The molecule has 2 saturated heterocycles. The highest BCUT2D eigenvalue weighted by Gasteiger charge is 2.62. The number of hydrogen-bond donors (Lipinski definition) is 1. The Morgan fingerprint density at radius 1 is 1.42 bits per heavy atom. The summed E-state index contributed by atoms with van der Waals surface area (Å²) < 4.78 is 5.21. The second kappa shape index (κ2) is 4.73. The summed E-state index contributed by atoms with van der Waals surface area (Å²) in [6.07, 6.45) is 4.28. The summed E-state index contributed by atoms with van der Waals surface area (Å²) in [5, 5.41) is 3.62. The van der Waals surface area contributed by atoms with E-state index in [9.17, 15) is 4.79 Å². The van der Waals surface area contributed by atoms with Crippen LogP contribution in [0.25, 0.3) is 0 Å². The van der Waals surface area contributed by atoms with Crippen LogP contribution in [-0.2, 0) is 14.9 Å². The maximum atomic E-state index is 12.7. The normalized spacial score (nSPS) is 34.8. The number of rotatable bonds is 1. The Hall–Kier alpha value is -2.07. The lowest BCUT2D eigenvalue weighted by Crippen LogP contribution is -2.53. The number of allylic oxidation sites excluding steroid dienone is 1. The molecule has 3 heterocycles. The average molecular weight is 322 g/mol. The van der Waals surface area contributed by atoms with E-state index in [1.165, 1.54) is 18.2 Å². The molecule has 0 amide bonds. The fraction of sp³-hybridized carbons (Fsp3) is 0.450. The van der Waals surface area contributed by atoms with Crippen LogP contribution in [-0.4, -0.2) is 37.1 Å². The van der Waals surface area contributed by atoms with Crippen LogP contribution in [0.5, 0.6) is 0 Å². The van der Waals surface area contributed by atoms with E-state index in [1.54, 1.807) is 0 Å². The zero-order chi connectivity index (χ0) is 16.5. The van der Waals surface area contributed by atoms with Crippen molar-refractivity contribution in [2.75, 3.05) is 25.5 Å². The Kier molecular flexibility index (Phi) is 2.82. The third-order valence-electron chi connectivity index (χ3n) is 6.60. The molecule has 2 bridgehead atoms. The quantitative estimate of drug-likeness (QED) is 0.638. The van der Waals surface area contributed by atoms with Crippen molar-refractivity contribution in [3.8, 4) is 0 Å². The number of esters is 1. The highest BCUT2D eigenvalue weighted by atomic mass is 16.5. The third kappa shape index (κ3) is 1.50. The van der Waals surface area contributed by atoms with Crippen LogP contribution in [0.15, 0.2) is 47.2 Å². The zero-order valence-electron chi connectivity index (χ0n) is 14.1. The zero-order valence-corrected chi connectivity index (χ0v) is 14.1. The number of methoxy groups -OCH3 is 1. The molecule has 4 aliphatic rings. The van der Waals surface area contributed by atoms with Crippen molar-refractivity contribution in [1.29, 1.82) is 0 Å². The van der Waals surface area contributed by atoms with Gasteiger partial charge in [-0.05, 0) is 31.4 Å². The predicted molar refractivity (Wildman–Crippen MR) is 92.6 cm³/mol. The molecule has 5 rings (SSSR count). The van der Waals surface area contributed by atoms with Crippen LogP contribution in [0, 0.1) is 5.92 Å². The van der Waals surface area contributed by atoms with Crippen LogP contribution in [0.3, 0.4) is 0 Å². The maximum Gasteiger partial charge on any atom is 0.336 e. The lowest BCUT2D eigenvalue weighted by Gasteiger charge is -2.48. The lowest BCUT2D eigenvalue weighted by molar-refractivity contribution is -0.137. The van der Waals surface area contributed by atoms with Gasteiger partial charge in [-0.2, -0.15) is 0 Å². The van der Waals surface area contributed by atoms with Gasteiger partial charge < -0.3 is 10.1 Å². The molecule has 24 heavy (non-hydrogen) atoms. The number of piperidine rings is 1. The van der Waals surface area contributed by atoms with Crippen molar-refractivity contribution in [2.45, 2.75) is 31.2 Å². The Labute approximate surface area is 142 Å². The first-order chi connectivity index (χ1) is 11.7. The third-order valence-corrected chi connectivity index (χ3v) is 6.60. The molecular weight excluding hydrogens is 300 g/mol. The number of anilines is 1. The monoisotopic (exact) mass is 322 g/mol. The van der Waals surface area contributed by atoms with Gasteiger partial charge in [-0.15, -0.1) is 0 Å². The minimum atomic E-state index is -0.173. The van der Waals surface area contributed by atoms with Gasteiger partial charge in [-0.25, -0.2) is 4.79 Å². The van der Waals surface area contributed by atoms with Gasteiger partial charge in [0, 0.05) is 36.4 Å². The highest BCUT2D eigenvalue weighted by Crippen LogP contribution is 2.61. The van der Waals surface area contributed by atoms with E-state index in [0.717, 1.165) is 42.9 Å². The number of hydrogen-bond acceptors (Lipinski definition) is 4. The van der Waals surface area contributed by atoms with Crippen LogP contribution < -0.4 is 5.32 Å². The highest BCUT2D eigenvalue weighted by molar-refractivity contribution is 5.94. The van der Waals surface area contributed by atoms with Gasteiger partial charge in [0.2, 0.25) is 0 Å². The van der Waals surface area contributed by atoms with E-state index in [1.807, 2.05) is 0 Å². The molecular formula is C20H22N2O2. The van der Waals surface area contributed by atoms with E-state index in [-0.39, 0.29) is 17.3 Å². The number of nitrogens with one attached hydrogen (secondary N) is 1. The van der Waals surface area contributed by atoms with Crippen molar-refractivity contribution in [1.82, 2.24) is 4.90 Å². The molecule has 1 unspecified atom stereocenters. The summed E-state index contributed by atoms with van der Waals surface area (Å²) in [6, 6.07) is 9.03. The Morgan fingerprint density at radius 2 is 2.25 bits per heavy atom. The second-order valence-corrected chi connectivity index (χ2v) is 7.31. The number of carbonyl (C=O) groups excluding carboxylic acids is 1. The molecule has 1 spiro atoms. The fourth-order valence-electron chi connectivity index (χ4n) is 5.61. The minimum absolute atomic E-state index is 0.0596. The van der Waals surface area contributed by atoms with E-state index >= 15 is 0 Å². The Morgan fingerprint density at radius 3 is 3.04 bits per heavy atom. The van der Waals surface area contributed by atoms with Crippen LogP contribution in [0.4, 0.5) is 5.69 Å². The number of nitrogens with zero attached hydrogens (tertiary/aromatic N) is 1. The summed E-state index contributed by atoms with van der Waals surface area (Å²) >= 11 is 0. The van der Waals surface area contributed by atoms with Crippen molar-refractivity contribution in [2.24, 2.45) is 5.92 Å². The average Bonchev–Trinajstić information content (AvgIpc) is 3.17. The summed E-state index contributed by atoms with van der Waals surface area (Å²) in [4.78, 5) is 15.3. The fourth-order valence-corrected chi connectivity index (χ4v) is 5.61. The van der Waals surface area contributed by atoms with E-state index in [2.05, 4.69) is 47.5 Å². The minimum Gasteiger partial charge on any atom is -0.466 e. The molecule has 3 atom stereocenters. The van der Waals surface area contributed by atoms with Gasteiger partial charge in [-0.3, -0.25) is 4.90 Å². The topological polar surface area (TPSA) is 41.6 Å². The first-order valence-electron chi connectivity index (χ1n) is 8.79. The van der Waals surface area contributed by atoms with Crippen molar-refractivity contribution < 1.29 is 9.53 Å². The van der Waals surface area contributed by atoms with Crippen molar-refractivity contribution in [3.05, 3.63) is 52.7 Å². The van der Waals surface area contributed by atoms with Gasteiger partial charge in [-0.1, -0.05) is 29.8 Å².